The number of nitrogen functional groups attached to an aromatic ring is 1. The molecule has 170 valence electrons. The van der Waals surface area contributed by atoms with Crippen LogP contribution in [0.1, 0.15) is 6.42 Å². The van der Waals surface area contributed by atoms with E-state index in [-0.39, 0.29) is 48.0 Å². The molecule has 0 bridgehead atoms. The van der Waals surface area contributed by atoms with Gasteiger partial charge in [-0.2, -0.15) is 9.97 Å². The minimum Gasteiger partial charge on any atom is -0.462 e. The van der Waals surface area contributed by atoms with Crippen molar-refractivity contribution in [3.63, 3.8) is 0 Å². The van der Waals surface area contributed by atoms with E-state index in [4.69, 9.17) is 22.1 Å². The SMILES string of the molecule is CN1CC(F)(F)C[C@H]1COc1nc(N)c2cnc(-c3cccc4cccc(Cl)c34)c(F)c2n1. The minimum absolute atomic E-state index is 0.0194. The molecule has 0 amide bonds. The number of benzene rings is 2. The van der Waals surface area contributed by atoms with Gasteiger partial charge in [-0.1, -0.05) is 41.9 Å². The molecule has 1 saturated heterocycles. The van der Waals surface area contributed by atoms with E-state index in [0.29, 0.717) is 16.0 Å². The third-order valence-electron chi connectivity index (χ3n) is 5.85. The Bertz CT molecular complexity index is 1380. The van der Waals surface area contributed by atoms with Crippen LogP contribution in [0.15, 0.2) is 42.6 Å². The summed E-state index contributed by atoms with van der Waals surface area (Å²) in [5, 5.41) is 2.19. The molecule has 2 N–H and O–H groups in total. The molecule has 2 aromatic heterocycles. The number of aromatic nitrogens is 3. The molecule has 1 aliphatic rings. The van der Waals surface area contributed by atoms with Crippen LogP contribution >= 0.6 is 11.6 Å². The van der Waals surface area contributed by atoms with Crippen molar-refractivity contribution in [2.75, 3.05) is 25.9 Å². The van der Waals surface area contributed by atoms with Crippen molar-refractivity contribution >= 4 is 39.1 Å². The predicted molar refractivity (Wildman–Crippen MR) is 121 cm³/mol. The van der Waals surface area contributed by atoms with Crippen LogP contribution in [0, 0.1) is 5.82 Å². The molecule has 33 heavy (non-hydrogen) atoms. The number of hydrogen-bond acceptors (Lipinski definition) is 6. The van der Waals surface area contributed by atoms with E-state index in [1.54, 1.807) is 25.2 Å². The highest BCUT2D eigenvalue weighted by atomic mass is 35.5. The van der Waals surface area contributed by atoms with Gasteiger partial charge in [0, 0.05) is 34.6 Å². The molecule has 4 aromatic rings. The fourth-order valence-corrected chi connectivity index (χ4v) is 4.50. The number of pyridine rings is 1. The monoisotopic (exact) mass is 473 g/mol. The maximum absolute atomic E-state index is 15.7. The molecule has 10 heteroatoms. The van der Waals surface area contributed by atoms with Crippen LogP contribution in [0.3, 0.4) is 0 Å². The van der Waals surface area contributed by atoms with Crippen molar-refractivity contribution in [1.82, 2.24) is 19.9 Å². The zero-order valence-electron chi connectivity index (χ0n) is 17.5. The highest BCUT2D eigenvalue weighted by molar-refractivity contribution is 6.36. The first-order chi connectivity index (χ1) is 15.7. The molecule has 0 unspecified atom stereocenters. The number of fused-ring (bicyclic) bond motifs is 2. The minimum atomic E-state index is -2.78. The van der Waals surface area contributed by atoms with Crippen LogP contribution < -0.4 is 10.5 Å². The number of halogens is 4. The van der Waals surface area contributed by atoms with E-state index >= 15 is 4.39 Å². The summed E-state index contributed by atoms with van der Waals surface area (Å²) in [6.07, 6.45) is 1.06. The van der Waals surface area contributed by atoms with E-state index in [1.807, 2.05) is 18.2 Å². The van der Waals surface area contributed by atoms with Gasteiger partial charge in [-0.15, -0.1) is 0 Å². The summed E-state index contributed by atoms with van der Waals surface area (Å²) in [7, 11) is 1.59. The van der Waals surface area contributed by atoms with E-state index in [2.05, 4.69) is 15.0 Å². The van der Waals surface area contributed by atoms with E-state index in [0.717, 1.165) is 5.39 Å². The van der Waals surface area contributed by atoms with Gasteiger partial charge >= 0.3 is 6.01 Å². The van der Waals surface area contributed by atoms with E-state index < -0.39 is 17.8 Å². The highest BCUT2D eigenvalue weighted by Crippen LogP contribution is 2.36. The van der Waals surface area contributed by atoms with Gasteiger partial charge in [0.1, 0.15) is 23.6 Å². The number of hydrogen-bond donors (Lipinski definition) is 1. The Morgan fingerprint density at radius 3 is 2.70 bits per heavy atom. The second-order valence-electron chi connectivity index (χ2n) is 8.16. The second-order valence-corrected chi connectivity index (χ2v) is 8.57. The average molecular weight is 474 g/mol. The lowest BCUT2D eigenvalue weighted by Crippen LogP contribution is -2.31. The Labute approximate surface area is 192 Å². The summed E-state index contributed by atoms with van der Waals surface area (Å²) in [5.41, 5.74) is 6.48. The molecular formula is C23H19ClF3N5O. The Balaban J connectivity index is 1.55. The van der Waals surface area contributed by atoms with Crippen LogP contribution in [-0.2, 0) is 0 Å². The lowest BCUT2D eigenvalue weighted by atomic mass is 10.0. The van der Waals surface area contributed by atoms with Crippen LogP contribution in [0.5, 0.6) is 6.01 Å². The van der Waals surface area contributed by atoms with Gasteiger partial charge < -0.3 is 10.5 Å². The Morgan fingerprint density at radius 2 is 1.97 bits per heavy atom. The maximum atomic E-state index is 15.7. The molecule has 0 spiro atoms. The van der Waals surface area contributed by atoms with Gasteiger partial charge in [0.05, 0.1) is 11.9 Å². The van der Waals surface area contributed by atoms with Gasteiger partial charge in [0.25, 0.3) is 5.92 Å². The molecule has 2 aromatic carbocycles. The quantitative estimate of drug-likeness (QED) is 0.452. The normalized spacial score (nSPS) is 18.3. The molecule has 0 radical (unpaired) electrons. The van der Waals surface area contributed by atoms with Crippen LogP contribution in [0.25, 0.3) is 32.9 Å². The summed E-state index contributed by atoms with van der Waals surface area (Å²) in [6, 6.07) is 10.1. The summed E-state index contributed by atoms with van der Waals surface area (Å²) in [4.78, 5) is 14.0. The van der Waals surface area contributed by atoms with Crippen molar-refractivity contribution in [3.8, 4) is 17.3 Å². The van der Waals surface area contributed by atoms with Gasteiger partial charge in [0.15, 0.2) is 5.82 Å². The lowest BCUT2D eigenvalue weighted by molar-refractivity contribution is 0.0136. The number of nitrogens with zero attached hydrogens (tertiary/aromatic N) is 4. The van der Waals surface area contributed by atoms with Crippen molar-refractivity contribution in [1.29, 1.82) is 0 Å². The standard InChI is InChI=1S/C23H19ClF3N5O/c1-32-11-23(26,27)8-13(32)10-33-22-30-20-15(21(28)31-22)9-29-19(18(20)25)14-6-2-4-12-5-3-7-16(24)17(12)14/h2-7,9,13H,8,10-11H2,1H3,(H2,28,30,31)/t13-/m0/s1. The highest BCUT2D eigenvalue weighted by Gasteiger charge is 2.43. The van der Waals surface area contributed by atoms with Crippen LogP contribution in [0.4, 0.5) is 19.0 Å². The van der Waals surface area contributed by atoms with Crippen molar-refractivity contribution in [2.24, 2.45) is 0 Å². The first-order valence-corrected chi connectivity index (χ1v) is 10.6. The molecule has 5 rings (SSSR count). The Kier molecular flexibility index (Phi) is 5.25. The Hall–Kier alpha value is -3.17. The smallest absolute Gasteiger partial charge is 0.319 e. The molecule has 3 heterocycles. The molecule has 6 nitrogen and oxygen atoms in total. The summed E-state index contributed by atoms with van der Waals surface area (Å²) in [5.74, 6) is -3.50. The Morgan fingerprint density at radius 1 is 1.21 bits per heavy atom. The van der Waals surface area contributed by atoms with E-state index in [9.17, 15) is 8.78 Å². The summed E-state index contributed by atoms with van der Waals surface area (Å²) in [6.45, 7) is -0.422. The van der Waals surface area contributed by atoms with Crippen molar-refractivity contribution < 1.29 is 17.9 Å². The largest absolute Gasteiger partial charge is 0.462 e. The number of ether oxygens (including phenoxy) is 1. The molecule has 1 atom stereocenters. The van der Waals surface area contributed by atoms with Crippen LogP contribution in [0.2, 0.25) is 5.02 Å². The van der Waals surface area contributed by atoms with Gasteiger partial charge in [-0.3, -0.25) is 9.88 Å². The van der Waals surface area contributed by atoms with Crippen molar-refractivity contribution in [2.45, 2.75) is 18.4 Å². The predicted octanol–water partition coefficient (Wildman–Crippen LogP) is 4.94. The van der Waals surface area contributed by atoms with E-state index in [1.165, 1.54) is 11.1 Å². The molecule has 1 fully saturated rings. The third kappa shape index (κ3) is 3.91. The van der Waals surface area contributed by atoms with Crippen molar-refractivity contribution in [3.05, 3.63) is 53.4 Å². The molecule has 1 aliphatic heterocycles. The zero-order chi connectivity index (χ0) is 23.3. The number of likely N-dealkylation sites (tertiary alicyclic amines) is 1. The summed E-state index contributed by atoms with van der Waals surface area (Å²) < 4.78 is 48.5. The number of alkyl halides is 2. The zero-order valence-corrected chi connectivity index (χ0v) is 18.3. The number of likely N-dealkylation sites (N-methyl/N-ethyl adjacent to an activating group) is 1. The topological polar surface area (TPSA) is 77.2 Å². The third-order valence-corrected chi connectivity index (χ3v) is 6.16. The van der Waals surface area contributed by atoms with Gasteiger partial charge in [-0.25, -0.2) is 13.2 Å². The summed E-state index contributed by atoms with van der Waals surface area (Å²) >= 11 is 6.40. The molecule has 0 aliphatic carbocycles. The van der Waals surface area contributed by atoms with Crippen LogP contribution in [-0.4, -0.2) is 52.0 Å². The molecular weight excluding hydrogens is 455 g/mol. The lowest BCUT2D eigenvalue weighted by Gasteiger charge is -2.18. The van der Waals surface area contributed by atoms with Gasteiger partial charge in [-0.05, 0) is 18.5 Å². The maximum Gasteiger partial charge on any atom is 0.319 e. The molecule has 0 saturated carbocycles. The average Bonchev–Trinajstić information content (AvgIpc) is 3.04. The number of anilines is 1. The fourth-order valence-electron chi connectivity index (χ4n) is 4.22. The first-order valence-electron chi connectivity index (χ1n) is 10.2. The fraction of sp³-hybridized carbons (Fsp3) is 0.261. The number of nitrogens with two attached hydrogens (primary N) is 1. The second kappa shape index (κ2) is 8.00. The first kappa shape index (κ1) is 21.7. The van der Waals surface area contributed by atoms with Gasteiger partial charge in [0.2, 0.25) is 0 Å². The number of rotatable bonds is 4.